The lowest BCUT2D eigenvalue weighted by molar-refractivity contribution is -0.144. The van der Waals surface area contributed by atoms with Crippen molar-refractivity contribution < 1.29 is 14.3 Å². The summed E-state index contributed by atoms with van der Waals surface area (Å²) in [6.45, 7) is 7.50. The average molecular weight is 450 g/mol. The van der Waals surface area contributed by atoms with E-state index in [0.29, 0.717) is 44.7 Å². The first kappa shape index (κ1) is 23.5. The van der Waals surface area contributed by atoms with Crippen LogP contribution in [-0.4, -0.2) is 68.6 Å². The van der Waals surface area contributed by atoms with Crippen molar-refractivity contribution in [3.05, 3.63) is 70.3 Å². The van der Waals surface area contributed by atoms with Crippen LogP contribution in [0.3, 0.4) is 0 Å². The molecule has 2 aromatic carbocycles. The number of hydrogen-bond acceptors (Lipinski definition) is 4. The molecule has 2 aliphatic rings. The van der Waals surface area contributed by atoms with Gasteiger partial charge in [-0.1, -0.05) is 41.5 Å². The molecule has 176 valence electrons. The van der Waals surface area contributed by atoms with Gasteiger partial charge in [0.05, 0.1) is 11.5 Å². The molecule has 0 aromatic heterocycles. The van der Waals surface area contributed by atoms with Crippen LogP contribution in [0.1, 0.15) is 51.5 Å². The minimum absolute atomic E-state index is 0.0449. The average Bonchev–Trinajstić information content (AvgIpc) is 2.83. The van der Waals surface area contributed by atoms with Crippen molar-refractivity contribution in [3.63, 3.8) is 0 Å². The van der Waals surface area contributed by atoms with Crippen LogP contribution in [0.4, 0.5) is 0 Å². The summed E-state index contributed by atoms with van der Waals surface area (Å²) in [5.41, 5.74) is 4.65. The molecule has 2 fully saturated rings. The summed E-state index contributed by atoms with van der Waals surface area (Å²) in [4.78, 5) is 30.7. The van der Waals surface area contributed by atoms with Gasteiger partial charge in [-0.15, -0.1) is 0 Å². The zero-order valence-electron chi connectivity index (χ0n) is 20.2. The van der Waals surface area contributed by atoms with Gasteiger partial charge in [0.15, 0.2) is 0 Å². The van der Waals surface area contributed by atoms with Gasteiger partial charge in [-0.2, -0.15) is 0 Å². The molecule has 6 heteroatoms. The highest BCUT2D eigenvalue weighted by molar-refractivity contribution is 5.94. The zero-order chi connectivity index (χ0) is 23.6. The maximum absolute atomic E-state index is 14.2. The SMILES string of the molecule is CNC(=O)c1cccc(C2CN(C(=O)C3(c4cc(C)cc(C)c4)CCOCC3)CCN2C)c1. The third-order valence-corrected chi connectivity index (χ3v) is 7.23. The quantitative estimate of drug-likeness (QED) is 0.779. The lowest BCUT2D eigenvalue weighted by Gasteiger charge is -2.45. The molecule has 2 amide bonds. The van der Waals surface area contributed by atoms with Crippen molar-refractivity contribution in [1.29, 1.82) is 0 Å². The van der Waals surface area contributed by atoms with Crippen LogP contribution in [0.15, 0.2) is 42.5 Å². The number of piperazine rings is 1. The van der Waals surface area contributed by atoms with Crippen molar-refractivity contribution in [2.45, 2.75) is 38.1 Å². The van der Waals surface area contributed by atoms with E-state index in [1.165, 1.54) is 11.1 Å². The number of carbonyl (C=O) groups is 2. The van der Waals surface area contributed by atoms with Gasteiger partial charge in [-0.05, 0) is 57.0 Å². The van der Waals surface area contributed by atoms with Crippen LogP contribution in [0.2, 0.25) is 0 Å². The highest BCUT2D eigenvalue weighted by atomic mass is 16.5. The first-order chi connectivity index (χ1) is 15.8. The maximum Gasteiger partial charge on any atom is 0.251 e. The fourth-order valence-electron chi connectivity index (χ4n) is 5.35. The smallest absolute Gasteiger partial charge is 0.251 e. The Morgan fingerprint density at radius 1 is 1.03 bits per heavy atom. The number of rotatable bonds is 4. The monoisotopic (exact) mass is 449 g/mol. The summed E-state index contributed by atoms with van der Waals surface area (Å²) in [5, 5.41) is 2.70. The summed E-state index contributed by atoms with van der Waals surface area (Å²) >= 11 is 0. The number of amides is 2. The van der Waals surface area contributed by atoms with E-state index < -0.39 is 5.41 Å². The Morgan fingerprint density at radius 2 is 1.73 bits per heavy atom. The van der Waals surface area contributed by atoms with Gasteiger partial charge in [0.25, 0.3) is 5.91 Å². The second-order valence-corrected chi connectivity index (χ2v) is 9.52. The van der Waals surface area contributed by atoms with Gasteiger partial charge in [-0.25, -0.2) is 0 Å². The highest BCUT2D eigenvalue weighted by Gasteiger charge is 2.45. The second-order valence-electron chi connectivity index (χ2n) is 9.52. The molecule has 2 aromatic rings. The molecular weight excluding hydrogens is 414 g/mol. The van der Waals surface area contributed by atoms with Crippen LogP contribution in [-0.2, 0) is 14.9 Å². The molecule has 0 spiro atoms. The van der Waals surface area contributed by atoms with Crippen LogP contribution >= 0.6 is 0 Å². The van der Waals surface area contributed by atoms with Gasteiger partial charge < -0.3 is 15.0 Å². The normalized spacial score (nSPS) is 21.0. The van der Waals surface area contributed by atoms with Gasteiger partial charge in [-0.3, -0.25) is 14.5 Å². The number of aryl methyl sites for hydroxylation is 2. The standard InChI is InChI=1S/C27H35N3O3/c1-19-14-20(2)16-23(15-19)27(8-12-33-13-9-27)26(32)30-11-10-29(4)24(18-30)21-6-5-7-22(17-21)25(31)28-3/h5-7,14-17,24H,8-13,18H2,1-4H3,(H,28,31). The lowest BCUT2D eigenvalue weighted by atomic mass is 9.72. The Labute approximate surface area is 196 Å². The van der Waals surface area contributed by atoms with Crippen molar-refractivity contribution >= 4 is 11.8 Å². The van der Waals surface area contributed by atoms with Crippen molar-refractivity contribution in [3.8, 4) is 0 Å². The van der Waals surface area contributed by atoms with Crippen molar-refractivity contribution in [2.75, 3.05) is 46.9 Å². The first-order valence-corrected chi connectivity index (χ1v) is 11.8. The van der Waals surface area contributed by atoms with E-state index >= 15 is 0 Å². The number of likely N-dealkylation sites (N-methyl/N-ethyl adjacent to an activating group) is 1. The maximum atomic E-state index is 14.2. The van der Waals surface area contributed by atoms with Gasteiger partial charge in [0.1, 0.15) is 0 Å². The third kappa shape index (κ3) is 4.68. The number of nitrogens with one attached hydrogen (secondary N) is 1. The van der Waals surface area contributed by atoms with E-state index in [9.17, 15) is 9.59 Å². The Kier molecular flexibility index (Phi) is 6.86. The van der Waals surface area contributed by atoms with E-state index in [1.54, 1.807) is 7.05 Å². The Hall–Kier alpha value is -2.70. The molecule has 1 unspecified atom stereocenters. The molecule has 0 bridgehead atoms. The van der Waals surface area contributed by atoms with Gasteiger partial charge >= 0.3 is 0 Å². The molecule has 33 heavy (non-hydrogen) atoms. The molecule has 2 aliphatic heterocycles. The molecule has 6 nitrogen and oxygen atoms in total. The van der Waals surface area contributed by atoms with Gasteiger partial charge in [0, 0.05) is 45.5 Å². The van der Waals surface area contributed by atoms with E-state index in [4.69, 9.17) is 4.74 Å². The minimum Gasteiger partial charge on any atom is -0.381 e. The number of benzene rings is 2. The summed E-state index contributed by atoms with van der Waals surface area (Å²) in [6.07, 6.45) is 1.41. The van der Waals surface area contributed by atoms with E-state index in [2.05, 4.69) is 55.4 Å². The minimum atomic E-state index is -0.542. The summed E-state index contributed by atoms with van der Waals surface area (Å²) in [7, 11) is 3.73. The van der Waals surface area contributed by atoms with Crippen molar-refractivity contribution in [2.24, 2.45) is 0 Å². The van der Waals surface area contributed by atoms with E-state index in [-0.39, 0.29) is 17.9 Å². The molecule has 0 aliphatic carbocycles. The van der Waals surface area contributed by atoms with Gasteiger partial charge in [0.2, 0.25) is 5.91 Å². The van der Waals surface area contributed by atoms with Crippen LogP contribution in [0, 0.1) is 13.8 Å². The Balaban J connectivity index is 1.65. The van der Waals surface area contributed by atoms with Crippen LogP contribution in [0.5, 0.6) is 0 Å². The largest absolute Gasteiger partial charge is 0.381 e. The van der Waals surface area contributed by atoms with Crippen molar-refractivity contribution in [1.82, 2.24) is 15.1 Å². The van der Waals surface area contributed by atoms with Crippen LogP contribution in [0.25, 0.3) is 0 Å². The highest BCUT2D eigenvalue weighted by Crippen LogP contribution is 2.39. The molecule has 2 saturated heterocycles. The number of nitrogens with zero attached hydrogens (tertiary/aromatic N) is 2. The lowest BCUT2D eigenvalue weighted by Crippen LogP contribution is -2.56. The van der Waals surface area contributed by atoms with Crippen LogP contribution < -0.4 is 5.32 Å². The zero-order valence-corrected chi connectivity index (χ0v) is 20.2. The summed E-state index contributed by atoms with van der Waals surface area (Å²) in [5.74, 6) is 0.107. The fraction of sp³-hybridized carbons (Fsp3) is 0.481. The topological polar surface area (TPSA) is 61.9 Å². The summed E-state index contributed by atoms with van der Waals surface area (Å²) < 4.78 is 5.68. The molecular formula is C27H35N3O3. The number of carbonyl (C=O) groups excluding carboxylic acids is 2. The fourth-order valence-corrected chi connectivity index (χ4v) is 5.35. The predicted octanol–water partition coefficient (Wildman–Crippen LogP) is 3.23. The van der Waals surface area contributed by atoms with E-state index in [0.717, 1.165) is 17.7 Å². The first-order valence-electron chi connectivity index (χ1n) is 11.8. The molecule has 4 rings (SSSR count). The van der Waals surface area contributed by atoms with E-state index in [1.807, 2.05) is 23.1 Å². The number of hydrogen-bond donors (Lipinski definition) is 1. The predicted molar refractivity (Wildman–Crippen MR) is 129 cm³/mol. The molecule has 1 atom stereocenters. The second kappa shape index (κ2) is 9.65. The third-order valence-electron chi connectivity index (χ3n) is 7.23. The summed E-state index contributed by atoms with van der Waals surface area (Å²) in [6, 6.07) is 14.3. The Morgan fingerprint density at radius 3 is 2.39 bits per heavy atom. The number of ether oxygens (including phenoxy) is 1. The molecule has 0 saturated carbocycles. The molecule has 2 heterocycles. The molecule has 0 radical (unpaired) electrons. The molecule has 1 N–H and O–H groups in total. The Bertz CT molecular complexity index is 1010.